The first kappa shape index (κ1) is 19.0. The van der Waals surface area contributed by atoms with Gasteiger partial charge < -0.3 is 14.7 Å². The van der Waals surface area contributed by atoms with E-state index in [4.69, 9.17) is 9.84 Å². The van der Waals surface area contributed by atoms with E-state index in [1.54, 1.807) is 36.4 Å². The van der Waals surface area contributed by atoms with Gasteiger partial charge in [-0.25, -0.2) is 10.2 Å². The molecule has 0 saturated carbocycles. The molecule has 0 saturated heterocycles. The van der Waals surface area contributed by atoms with Gasteiger partial charge in [0.1, 0.15) is 5.75 Å². The number of hydrogen-bond donors (Lipinski definition) is 2. The van der Waals surface area contributed by atoms with Crippen molar-refractivity contribution in [3.63, 3.8) is 0 Å². The van der Waals surface area contributed by atoms with Crippen molar-refractivity contribution in [3.05, 3.63) is 59.7 Å². The molecule has 7 nitrogen and oxygen atoms in total. The Morgan fingerprint density at radius 1 is 1.19 bits per heavy atom. The largest absolute Gasteiger partial charge is 0.479 e. The molecule has 2 rings (SSSR count). The SMILES string of the molecule is C[C@H](Oc1ccc(C=NNC(=O)c2cccc(N(C)C)c2)cc1)C(=O)O. The number of nitrogens with one attached hydrogen (secondary N) is 1. The fourth-order valence-corrected chi connectivity index (χ4v) is 2.04. The van der Waals surface area contributed by atoms with Crippen LogP contribution >= 0.6 is 0 Å². The number of ether oxygens (including phenoxy) is 1. The van der Waals surface area contributed by atoms with Crippen LogP contribution in [0.4, 0.5) is 5.69 Å². The molecule has 0 aliphatic carbocycles. The normalized spacial score (nSPS) is 11.8. The van der Waals surface area contributed by atoms with E-state index in [9.17, 15) is 9.59 Å². The van der Waals surface area contributed by atoms with Gasteiger partial charge in [-0.15, -0.1) is 0 Å². The van der Waals surface area contributed by atoms with Gasteiger partial charge in [-0.1, -0.05) is 6.07 Å². The molecule has 2 aromatic rings. The second-order valence-electron chi connectivity index (χ2n) is 5.81. The van der Waals surface area contributed by atoms with E-state index in [1.807, 2.05) is 31.1 Å². The number of carboxylic acid groups (broad SMARTS) is 1. The third kappa shape index (κ3) is 5.34. The highest BCUT2D eigenvalue weighted by atomic mass is 16.5. The Labute approximate surface area is 151 Å². The number of hydrazone groups is 1. The lowest BCUT2D eigenvalue weighted by Crippen LogP contribution is -2.22. The van der Waals surface area contributed by atoms with E-state index in [0.717, 1.165) is 11.3 Å². The number of benzene rings is 2. The number of amides is 1. The van der Waals surface area contributed by atoms with Crippen molar-refractivity contribution in [2.75, 3.05) is 19.0 Å². The van der Waals surface area contributed by atoms with Crippen LogP contribution in [0.15, 0.2) is 53.6 Å². The van der Waals surface area contributed by atoms with E-state index >= 15 is 0 Å². The van der Waals surface area contributed by atoms with E-state index in [-0.39, 0.29) is 5.91 Å². The lowest BCUT2D eigenvalue weighted by molar-refractivity contribution is -0.144. The second-order valence-corrected chi connectivity index (χ2v) is 5.81. The standard InChI is InChI=1S/C19H21N3O4/c1-13(19(24)25)26-17-9-7-14(8-10-17)12-20-21-18(23)15-5-4-6-16(11-15)22(2)3/h4-13H,1-3H3,(H,21,23)(H,24,25)/t13-/m0/s1. The summed E-state index contributed by atoms with van der Waals surface area (Å²) in [5.74, 6) is -0.890. The van der Waals surface area contributed by atoms with Crippen LogP contribution in [0.2, 0.25) is 0 Å². The van der Waals surface area contributed by atoms with Crippen LogP contribution in [0.5, 0.6) is 5.75 Å². The second kappa shape index (κ2) is 8.66. The zero-order chi connectivity index (χ0) is 19.1. The number of aliphatic carboxylic acids is 1. The summed E-state index contributed by atoms with van der Waals surface area (Å²) in [6, 6.07) is 13.9. The van der Waals surface area contributed by atoms with Crippen LogP contribution in [0.1, 0.15) is 22.8 Å². The van der Waals surface area contributed by atoms with Crippen LogP contribution < -0.4 is 15.1 Å². The number of carbonyl (C=O) groups excluding carboxylic acids is 1. The zero-order valence-electron chi connectivity index (χ0n) is 14.8. The Kier molecular flexibility index (Phi) is 6.32. The number of carboxylic acids is 1. The summed E-state index contributed by atoms with van der Waals surface area (Å²) in [4.78, 5) is 24.8. The van der Waals surface area contributed by atoms with Gasteiger partial charge in [0.25, 0.3) is 5.91 Å². The van der Waals surface area contributed by atoms with Crippen molar-refractivity contribution in [1.29, 1.82) is 0 Å². The van der Waals surface area contributed by atoms with Gasteiger partial charge in [0.2, 0.25) is 0 Å². The maximum atomic E-state index is 12.1. The molecular weight excluding hydrogens is 334 g/mol. The van der Waals surface area contributed by atoms with Crippen LogP contribution in [0.3, 0.4) is 0 Å². The number of carbonyl (C=O) groups is 2. The van der Waals surface area contributed by atoms with Crippen molar-refractivity contribution >= 4 is 23.8 Å². The summed E-state index contributed by atoms with van der Waals surface area (Å²) in [5.41, 5.74) is 4.65. The predicted octanol–water partition coefficient (Wildman–Crippen LogP) is 2.37. The fourth-order valence-electron chi connectivity index (χ4n) is 2.04. The quantitative estimate of drug-likeness (QED) is 0.588. The van der Waals surface area contributed by atoms with Crippen molar-refractivity contribution in [1.82, 2.24) is 5.43 Å². The van der Waals surface area contributed by atoms with E-state index in [2.05, 4.69) is 10.5 Å². The molecule has 136 valence electrons. The van der Waals surface area contributed by atoms with Gasteiger partial charge in [-0.05, 0) is 55.0 Å². The molecule has 0 heterocycles. The molecule has 7 heteroatoms. The topological polar surface area (TPSA) is 91.2 Å². The summed E-state index contributed by atoms with van der Waals surface area (Å²) in [6.07, 6.45) is 0.574. The smallest absolute Gasteiger partial charge is 0.344 e. The summed E-state index contributed by atoms with van der Waals surface area (Å²) < 4.78 is 5.24. The first-order valence-electron chi connectivity index (χ1n) is 7.97. The fraction of sp³-hybridized carbons (Fsp3) is 0.211. The lowest BCUT2D eigenvalue weighted by atomic mass is 10.2. The van der Waals surface area contributed by atoms with Gasteiger partial charge in [-0.2, -0.15) is 5.10 Å². The summed E-state index contributed by atoms with van der Waals surface area (Å²) in [7, 11) is 3.81. The van der Waals surface area contributed by atoms with E-state index in [1.165, 1.54) is 13.1 Å². The molecule has 0 radical (unpaired) electrons. The number of rotatable bonds is 7. The van der Waals surface area contributed by atoms with Crippen molar-refractivity contribution in [2.24, 2.45) is 5.10 Å². The minimum atomic E-state index is -1.03. The maximum absolute atomic E-state index is 12.1. The minimum absolute atomic E-state index is 0.305. The number of hydrogen-bond acceptors (Lipinski definition) is 5. The van der Waals surface area contributed by atoms with Crippen LogP contribution in [0, 0.1) is 0 Å². The van der Waals surface area contributed by atoms with Gasteiger partial charge in [0, 0.05) is 25.3 Å². The Morgan fingerprint density at radius 3 is 2.50 bits per heavy atom. The third-order valence-electron chi connectivity index (χ3n) is 3.55. The van der Waals surface area contributed by atoms with Gasteiger partial charge in [0.05, 0.1) is 6.21 Å². The molecule has 2 N–H and O–H groups in total. The Bertz CT molecular complexity index is 801. The molecule has 26 heavy (non-hydrogen) atoms. The van der Waals surface area contributed by atoms with Crippen LogP contribution in [-0.2, 0) is 4.79 Å². The molecule has 1 atom stereocenters. The summed E-state index contributed by atoms with van der Waals surface area (Å²) in [6.45, 7) is 1.46. The molecule has 0 bridgehead atoms. The first-order valence-corrected chi connectivity index (χ1v) is 7.97. The van der Waals surface area contributed by atoms with E-state index < -0.39 is 12.1 Å². The highest BCUT2D eigenvalue weighted by molar-refractivity contribution is 5.95. The predicted molar refractivity (Wildman–Crippen MR) is 100.0 cm³/mol. The molecule has 0 unspecified atom stereocenters. The van der Waals surface area contributed by atoms with Gasteiger partial charge in [0.15, 0.2) is 6.10 Å². The highest BCUT2D eigenvalue weighted by Gasteiger charge is 2.11. The van der Waals surface area contributed by atoms with Crippen LogP contribution in [-0.4, -0.2) is 43.4 Å². The lowest BCUT2D eigenvalue weighted by Gasteiger charge is -2.12. The summed E-state index contributed by atoms with van der Waals surface area (Å²) >= 11 is 0. The van der Waals surface area contributed by atoms with Gasteiger partial charge >= 0.3 is 5.97 Å². The van der Waals surface area contributed by atoms with Crippen molar-refractivity contribution in [3.8, 4) is 5.75 Å². The molecule has 0 fully saturated rings. The average molecular weight is 355 g/mol. The van der Waals surface area contributed by atoms with Crippen molar-refractivity contribution in [2.45, 2.75) is 13.0 Å². The van der Waals surface area contributed by atoms with Crippen molar-refractivity contribution < 1.29 is 19.4 Å². The molecule has 0 aliphatic heterocycles. The Balaban J connectivity index is 1.94. The zero-order valence-corrected chi connectivity index (χ0v) is 14.8. The first-order chi connectivity index (χ1) is 12.4. The maximum Gasteiger partial charge on any atom is 0.344 e. The number of nitrogens with zero attached hydrogens (tertiary/aromatic N) is 2. The summed E-state index contributed by atoms with van der Waals surface area (Å²) in [5, 5.41) is 12.8. The minimum Gasteiger partial charge on any atom is -0.479 e. The third-order valence-corrected chi connectivity index (χ3v) is 3.55. The molecular formula is C19H21N3O4. The highest BCUT2D eigenvalue weighted by Crippen LogP contribution is 2.14. The Hall–Kier alpha value is -3.35. The van der Waals surface area contributed by atoms with Crippen LogP contribution in [0.25, 0.3) is 0 Å². The van der Waals surface area contributed by atoms with Gasteiger partial charge in [-0.3, -0.25) is 4.79 Å². The molecule has 0 aliphatic rings. The number of anilines is 1. The molecule has 0 spiro atoms. The molecule has 1 amide bonds. The molecule has 0 aromatic heterocycles. The van der Waals surface area contributed by atoms with E-state index in [0.29, 0.717) is 11.3 Å². The Morgan fingerprint density at radius 2 is 1.88 bits per heavy atom. The average Bonchev–Trinajstić information content (AvgIpc) is 2.63. The molecule has 2 aromatic carbocycles. The monoisotopic (exact) mass is 355 g/mol.